The van der Waals surface area contributed by atoms with Gasteiger partial charge in [-0.05, 0) is 15.9 Å². The number of alkyl halides is 7. The number of aromatic amines is 1. The van der Waals surface area contributed by atoms with Gasteiger partial charge in [-0.3, -0.25) is 8.78 Å². The van der Waals surface area contributed by atoms with Crippen LogP contribution in [-0.4, -0.2) is 37.0 Å². The molecule has 0 radical (unpaired) electrons. The van der Waals surface area contributed by atoms with Crippen molar-refractivity contribution in [2.45, 2.75) is 18.9 Å². The Labute approximate surface area is 139 Å². The smallest absolute Gasteiger partial charge is 0.449 e. The number of hydrogen-bond donors (Lipinski definition) is 1. The van der Waals surface area contributed by atoms with E-state index in [9.17, 15) is 30.7 Å². The number of ether oxygens (including phenoxy) is 2. The number of H-pyrrole nitrogens is 1. The fraction of sp³-hybridized carbons (Fsp3) is 0.417. The van der Waals surface area contributed by atoms with Gasteiger partial charge in [-0.15, -0.1) is 0 Å². The molecule has 2 unspecified atom stereocenters. The highest BCUT2D eigenvalue weighted by Crippen LogP contribution is 2.44. The minimum absolute atomic E-state index is 0.121. The summed E-state index contributed by atoms with van der Waals surface area (Å²) in [5, 5.41) is 0. The van der Waals surface area contributed by atoms with Crippen molar-refractivity contribution in [2.75, 3.05) is 14.4 Å². The quantitative estimate of drug-likeness (QED) is 0.610. The van der Waals surface area contributed by atoms with Crippen LogP contribution in [0.4, 0.5) is 30.7 Å². The van der Waals surface area contributed by atoms with Crippen molar-refractivity contribution in [3.05, 3.63) is 16.4 Å². The van der Waals surface area contributed by atoms with Crippen LogP contribution in [0.2, 0.25) is 0 Å². The lowest BCUT2D eigenvalue weighted by atomic mass is 10.2. The van der Waals surface area contributed by atoms with Crippen LogP contribution in [0, 0.1) is 0 Å². The molecular weight excluding hydrogens is 417 g/mol. The molecule has 2 heterocycles. The standard InChI is InChI=1S/C10H4BrF5N2O2.2CH3F/c11-2-1-3-6(20-8(13)7(12)19-3)5-4(2)17-9(18-5)10(14,15)16;2*1-2/h1,7-8H,(H,17,18);2*1H3. The van der Waals surface area contributed by atoms with Crippen LogP contribution in [0.25, 0.3) is 11.0 Å². The van der Waals surface area contributed by atoms with Gasteiger partial charge in [0.1, 0.15) is 11.0 Å². The van der Waals surface area contributed by atoms with Gasteiger partial charge in [-0.1, -0.05) is 0 Å². The zero-order valence-electron chi connectivity index (χ0n) is 12.0. The van der Waals surface area contributed by atoms with Crippen molar-refractivity contribution in [1.82, 2.24) is 9.97 Å². The van der Waals surface area contributed by atoms with E-state index in [-0.39, 0.29) is 27.0 Å². The molecule has 0 amide bonds. The third-order valence-electron chi connectivity index (χ3n) is 2.58. The number of rotatable bonds is 0. The fourth-order valence-corrected chi connectivity index (χ4v) is 2.26. The van der Waals surface area contributed by atoms with Crippen LogP contribution in [0.1, 0.15) is 5.82 Å². The summed E-state index contributed by atoms with van der Waals surface area (Å²) in [7, 11) is 1.00. The zero-order valence-corrected chi connectivity index (χ0v) is 13.6. The highest BCUT2D eigenvalue weighted by molar-refractivity contribution is 9.10. The van der Waals surface area contributed by atoms with Crippen molar-refractivity contribution in [1.29, 1.82) is 0 Å². The molecule has 0 saturated heterocycles. The van der Waals surface area contributed by atoms with E-state index in [4.69, 9.17) is 0 Å². The average molecular weight is 427 g/mol. The summed E-state index contributed by atoms with van der Waals surface area (Å²) in [6.07, 6.45) is -9.49. The molecule has 1 aromatic heterocycles. The lowest BCUT2D eigenvalue weighted by molar-refractivity contribution is -0.144. The summed E-state index contributed by atoms with van der Waals surface area (Å²) in [6.45, 7) is 0. The maximum atomic E-state index is 13.1. The summed E-state index contributed by atoms with van der Waals surface area (Å²) in [5.41, 5.74) is -0.347. The molecule has 0 saturated carbocycles. The SMILES string of the molecule is CF.CF.FC1Oc2cc(Br)c3nc(C(F)(F)F)[nH]c3c2OC1F. The first-order chi connectivity index (χ1) is 11.3. The molecule has 0 fully saturated rings. The molecule has 0 spiro atoms. The van der Waals surface area contributed by atoms with Gasteiger partial charge < -0.3 is 14.5 Å². The molecule has 136 valence electrons. The van der Waals surface area contributed by atoms with Gasteiger partial charge in [0.2, 0.25) is 5.82 Å². The Morgan fingerprint density at radius 3 is 2.17 bits per heavy atom. The molecule has 12 heteroatoms. The zero-order chi connectivity index (χ0) is 18.7. The Kier molecular flexibility index (Phi) is 6.69. The minimum Gasteiger partial charge on any atom is -0.450 e. The van der Waals surface area contributed by atoms with Crippen molar-refractivity contribution in [2.24, 2.45) is 0 Å². The second-order valence-corrected chi connectivity index (χ2v) is 4.78. The van der Waals surface area contributed by atoms with E-state index >= 15 is 0 Å². The van der Waals surface area contributed by atoms with Gasteiger partial charge in [-0.2, -0.15) is 22.0 Å². The van der Waals surface area contributed by atoms with Crippen LogP contribution in [-0.2, 0) is 6.18 Å². The second kappa shape index (κ2) is 7.90. The first-order valence-electron chi connectivity index (χ1n) is 5.94. The molecule has 4 nitrogen and oxygen atoms in total. The Morgan fingerprint density at radius 1 is 1.08 bits per heavy atom. The third kappa shape index (κ3) is 3.84. The van der Waals surface area contributed by atoms with E-state index in [0.717, 1.165) is 6.07 Å². The van der Waals surface area contributed by atoms with Gasteiger partial charge >= 0.3 is 18.9 Å². The molecule has 1 aliphatic heterocycles. The van der Waals surface area contributed by atoms with E-state index in [2.05, 4.69) is 30.4 Å². The minimum atomic E-state index is -4.71. The molecule has 1 N–H and O–H groups in total. The number of aromatic nitrogens is 2. The van der Waals surface area contributed by atoms with E-state index in [0.29, 0.717) is 14.4 Å². The Hall–Kier alpha value is -1.72. The van der Waals surface area contributed by atoms with Crippen LogP contribution >= 0.6 is 15.9 Å². The molecule has 3 rings (SSSR count). The third-order valence-corrected chi connectivity index (χ3v) is 3.19. The molecule has 2 atom stereocenters. The van der Waals surface area contributed by atoms with E-state index < -0.39 is 24.7 Å². The lowest BCUT2D eigenvalue weighted by Gasteiger charge is -2.24. The Morgan fingerprint density at radius 2 is 1.62 bits per heavy atom. The van der Waals surface area contributed by atoms with Gasteiger partial charge in [0, 0.05) is 10.5 Å². The molecule has 1 aliphatic rings. The maximum Gasteiger partial charge on any atom is 0.449 e. The van der Waals surface area contributed by atoms with Crippen LogP contribution in [0.3, 0.4) is 0 Å². The second-order valence-electron chi connectivity index (χ2n) is 3.93. The molecule has 1 aromatic carbocycles. The summed E-state index contributed by atoms with van der Waals surface area (Å²) < 4.78 is 92.4. The van der Waals surface area contributed by atoms with Gasteiger partial charge in [-0.25, -0.2) is 4.98 Å². The van der Waals surface area contributed by atoms with Crippen LogP contribution < -0.4 is 9.47 Å². The summed E-state index contributed by atoms with van der Waals surface area (Å²) in [5.74, 6) is -1.85. The molecule has 24 heavy (non-hydrogen) atoms. The molecule has 2 aromatic rings. The number of nitrogens with one attached hydrogen (secondary N) is 1. The van der Waals surface area contributed by atoms with Crippen molar-refractivity contribution in [3.8, 4) is 11.5 Å². The van der Waals surface area contributed by atoms with Crippen molar-refractivity contribution >= 4 is 27.0 Å². The first-order valence-corrected chi connectivity index (χ1v) is 6.73. The predicted octanol–water partition coefficient (Wildman–Crippen LogP) is 4.88. The van der Waals surface area contributed by atoms with Crippen molar-refractivity contribution < 1.29 is 40.2 Å². The summed E-state index contributed by atoms with van der Waals surface area (Å²) in [4.78, 5) is 5.34. The van der Waals surface area contributed by atoms with Crippen molar-refractivity contribution in [3.63, 3.8) is 0 Å². The number of hydrogen-bond acceptors (Lipinski definition) is 3. The number of fused-ring (bicyclic) bond motifs is 3. The van der Waals surface area contributed by atoms with Gasteiger partial charge in [0.25, 0.3) is 0 Å². The lowest BCUT2D eigenvalue weighted by Crippen LogP contribution is -2.33. The largest absolute Gasteiger partial charge is 0.450 e. The number of imidazole rings is 1. The topological polar surface area (TPSA) is 47.1 Å². The van der Waals surface area contributed by atoms with Crippen LogP contribution in [0.5, 0.6) is 11.5 Å². The average Bonchev–Trinajstić information content (AvgIpc) is 3.00. The van der Waals surface area contributed by atoms with E-state index in [1.807, 2.05) is 4.98 Å². The molecular formula is C12H10BrF7N2O2. The number of benzene rings is 1. The highest BCUT2D eigenvalue weighted by atomic mass is 79.9. The Bertz CT molecular complexity index is 692. The molecule has 0 bridgehead atoms. The molecule has 0 aliphatic carbocycles. The summed E-state index contributed by atoms with van der Waals surface area (Å²) in [6, 6.07) is 1.16. The van der Waals surface area contributed by atoms with E-state index in [1.165, 1.54) is 0 Å². The number of halogens is 8. The van der Waals surface area contributed by atoms with Gasteiger partial charge in [0.05, 0.1) is 14.4 Å². The van der Waals surface area contributed by atoms with Crippen LogP contribution in [0.15, 0.2) is 10.5 Å². The normalized spacial score (nSPS) is 19.1. The first kappa shape index (κ1) is 20.3. The van der Waals surface area contributed by atoms with E-state index in [1.54, 1.807) is 0 Å². The Balaban J connectivity index is 0.000000671. The fourth-order valence-electron chi connectivity index (χ4n) is 1.76. The highest BCUT2D eigenvalue weighted by Gasteiger charge is 2.38. The monoisotopic (exact) mass is 426 g/mol. The maximum absolute atomic E-state index is 13.1. The van der Waals surface area contributed by atoms with Gasteiger partial charge in [0.15, 0.2) is 11.5 Å². The predicted molar refractivity (Wildman–Crippen MR) is 73.9 cm³/mol. The number of nitrogens with zero attached hydrogens (tertiary/aromatic N) is 1. The summed E-state index contributed by atoms with van der Waals surface area (Å²) >= 11 is 2.99.